The van der Waals surface area contributed by atoms with Gasteiger partial charge in [0.25, 0.3) is 0 Å². The van der Waals surface area contributed by atoms with Crippen LogP contribution in [0.1, 0.15) is 0 Å². The van der Waals surface area contributed by atoms with E-state index in [-0.39, 0.29) is 0 Å². The van der Waals surface area contributed by atoms with E-state index in [0.29, 0.717) is 17.6 Å². The van der Waals surface area contributed by atoms with Crippen molar-refractivity contribution in [3.63, 3.8) is 0 Å². The molecule has 0 radical (unpaired) electrons. The summed E-state index contributed by atoms with van der Waals surface area (Å²) in [6.07, 6.45) is 0. The van der Waals surface area contributed by atoms with E-state index in [1.165, 1.54) is 63.7 Å². The van der Waals surface area contributed by atoms with Crippen molar-refractivity contribution in [1.29, 1.82) is 0 Å². The van der Waals surface area contributed by atoms with Crippen LogP contribution in [-0.2, 0) is 0 Å². The SMILES string of the molecule is c1ccc(-c2nc(-c3ccccc3)nc(-n3c4ccc(-c5ccc6c(c5)c5c7sc8ccccc8c7ccc5n6-c5ccccc5)cc4c4c5ccccc5ccc43)n2)cc1. The maximum absolute atomic E-state index is 5.20. The minimum atomic E-state index is 0.582. The summed E-state index contributed by atoms with van der Waals surface area (Å²) in [4.78, 5) is 15.4. The topological polar surface area (TPSA) is 48.5 Å². The Labute approximate surface area is 354 Å². The molecule has 0 aliphatic heterocycles. The van der Waals surface area contributed by atoms with E-state index < -0.39 is 0 Å². The maximum Gasteiger partial charge on any atom is 0.238 e. The molecule has 0 spiro atoms. The van der Waals surface area contributed by atoms with Crippen LogP contribution in [0.2, 0.25) is 0 Å². The fraction of sp³-hybridized carbons (Fsp3) is 0. The molecule has 0 bridgehead atoms. The molecular weight excluding hydrogens is 763 g/mol. The molecule has 0 saturated carbocycles. The highest BCUT2D eigenvalue weighted by atomic mass is 32.1. The number of rotatable bonds is 5. The number of hydrogen-bond donors (Lipinski definition) is 0. The molecule has 5 nitrogen and oxygen atoms in total. The Morgan fingerprint density at radius 2 is 0.885 bits per heavy atom. The minimum Gasteiger partial charge on any atom is -0.309 e. The predicted octanol–water partition coefficient (Wildman–Crippen LogP) is 14.6. The molecule has 13 aromatic rings. The van der Waals surface area contributed by atoms with Crippen molar-refractivity contribution in [2.75, 3.05) is 0 Å². The van der Waals surface area contributed by atoms with E-state index in [1.807, 2.05) is 47.7 Å². The number of benzene rings is 9. The Kier molecular flexibility index (Phi) is 7.41. The van der Waals surface area contributed by atoms with Gasteiger partial charge in [0.2, 0.25) is 5.95 Å². The average Bonchev–Trinajstić information content (AvgIpc) is 3.99. The second kappa shape index (κ2) is 13.3. The third-order valence-corrected chi connectivity index (χ3v) is 13.4. The van der Waals surface area contributed by atoms with Crippen molar-refractivity contribution in [2.24, 2.45) is 0 Å². The molecule has 0 N–H and O–H groups in total. The lowest BCUT2D eigenvalue weighted by Crippen LogP contribution is -2.06. The highest BCUT2D eigenvalue weighted by molar-refractivity contribution is 7.26. The number of aromatic nitrogens is 5. The van der Waals surface area contributed by atoms with Crippen LogP contribution in [-0.4, -0.2) is 24.1 Å². The van der Waals surface area contributed by atoms with Crippen LogP contribution in [0.4, 0.5) is 0 Å². The van der Waals surface area contributed by atoms with Gasteiger partial charge in [-0.1, -0.05) is 146 Å². The van der Waals surface area contributed by atoms with Gasteiger partial charge in [-0.05, 0) is 76.5 Å². The van der Waals surface area contributed by atoms with Gasteiger partial charge in [0.15, 0.2) is 11.6 Å². The van der Waals surface area contributed by atoms with Crippen molar-refractivity contribution in [3.05, 3.63) is 200 Å². The van der Waals surface area contributed by atoms with Gasteiger partial charge in [-0.25, -0.2) is 4.98 Å². The van der Waals surface area contributed by atoms with Gasteiger partial charge in [-0.3, -0.25) is 4.57 Å². The third kappa shape index (κ3) is 5.22. The second-order valence-corrected chi connectivity index (χ2v) is 16.7. The quantitative estimate of drug-likeness (QED) is 0.174. The Balaban J connectivity index is 1.08. The van der Waals surface area contributed by atoms with E-state index in [0.717, 1.165) is 38.8 Å². The molecule has 6 heteroatoms. The molecule has 0 unspecified atom stereocenters. The minimum absolute atomic E-state index is 0.582. The Morgan fingerprint density at radius 3 is 1.59 bits per heavy atom. The highest BCUT2D eigenvalue weighted by Crippen LogP contribution is 2.45. The smallest absolute Gasteiger partial charge is 0.238 e. The molecule has 13 rings (SSSR count). The molecule has 9 aromatic carbocycles. The number of thiophene rings is 1. The zero-order valence-electron chi connectivity index (χ0n) is 32.7. The lowest BCUT2D eigenvalue weighted by atomic mass is 9.98. The van der Waals surface area contributed by atoms with Crippen LogP contribution in [0, 0.1) is 0 Å². The molecule has 61 heavy (non-hydrogen) atoms. The molecule has 0 amide bonds. The average molecular weight is 796 g/mol. The first-order valence-corrected chi connectivity index (χ1v) is 21.3. The fourth-order valence-electron chi connectivity index (χ4n) is 9.40. The van der Waals surface area contributed by atoms with Gasteiger partial charge in [0.1, 0.15) is 0 Å². The standard InChI is InChI=1S/C55H33N5S/c1-4-15-35(16-5-1)53-56-54(36-17-6-2-7-18-36)58-55(57-53)60-46-29-26-37(32-43(46)50-40-21-11-10-14-34(40)24-30-47(50)60)38-25-28-45-44(33-38)51-48(59(45)39-19-8-3-9-20-39)31-27-42-41-22-12-13-23-49(41)61-52(42)51/h1-33H. The summed E-state index contributed by atoms with van der Waals surface area (Å²) in [6, 6.07) is 71.4. The van der Waals surface area contributed by atoms with E-state index in [1.54, 1.807) is 0 Å². The molecule has 0 atom stereocenters. The predicted molar refractivity (Wildman–Crippen MR) is 255 cm³/mol. The summed E-state index contributed by atoms with van der Waals surface area (Å²) in [6.45, 7) is 0. The van der Waals surface area contributed by atoms with Crippen LogP contribution >= 0.6 is 11.3 Å². The third-order valence-electron chi connectivity index (χ3n) is 12.2. The van der Waals surface area contributed by atoms with E-state index in [9.17, 15) is 0 Å². The van der Waals surface area contributed by atoms with E-state index in [2.05, 4.69) is 173 Å². The zero-order valence-corrected chi connectivity index (χ0v) is 33.5. The first-order chi connectivity index (χ1) is 30.2. The van der Waals surface area contributed by atoms with Crippen LogP contribution in [0.5, 0.6) is 0 Å². The molecule has 0 saturated heterocycles. The van der Waals surface area contributed by atoms with Crippen LogP contribution in [0.3, 0.4) is 0 Å². The van der Waals surface area contributed by atoms with Crippen molar-refractivity contribution in [1.82, 2.24) is 24.1 Å². The molecule has 284 valence electrons. The summed E-state index contributed by atoms with van der Waals surface area (Å²) in [7, 11) is 0. The number of hydrogen-bond acceptors (Lipinski definition) is 4. The van der Waals surface area contributed by atoms with Gasteiger partial charge >= 0.3 is 0 Å². The van der Waals surface area contributed by atoms with Crippen LogP contribution < -0.4 is 0 Å². The zero-order chi connectivity index (χ0) is 40.0. The van der Waals surface area contributed by atoms with E-state index in [4.69, 9.17) is 15.0 Å². The Morgan fingerprint density at radius 1 is 0.344 bits per heavy atom. The molecule has 4 aromatic heterocycles. The summed E-state index contributed by atoms with van der Waals surface area (Å²) >= 11 is 1.89. The summed E-state index contributed by atoms with van der Waals surface area (Å²) in [5.41, 5.74) is 9.83. The second-order valence-electron chi connectivity index (χ2n) is 15.6. The van der Waals surface area contributed by atoms with Gasteiger partial charge in [0, 0.05) is 58.5 Å². The summed E-state index contributed by atoms with van der Waals surface area (Å²) in [5, 5.41) is 9.84. The molecule has 4 heterocycles. The first kappa shape index (κ1) is 34.0. The normalized spacial score (nSPS) is 11.9. The van der Waals surface area contributed by atoms with Crippen molar-refractivity contribution in [3.8, 4) is 45.5 Å². The van der Waals surface area contributed by atoms with Gasteiger partial charge in [0.05, 0.1) is 22.1 Å². The number of fused-ring (bicyclic) bond motifs is 12. The van der Waals surface area contributed by atoms with Crippen LogP contribution in [0.15, 0.2) is 200 Å². The summed E-state index contributed by atoms with van der Waals surface area (Å²) < 4.78 is 7.27. The molecule has 0 fully saturated rings. The lowest BCUT2D eigenvalue weighted by molar-refractivity contribution is 0.953. The Hall–Kier alpha value is -7.93. The molecular formula is C55H33N5S. The van der Waals surface area contributed by atoms with Gasteiger partial charge in [-0.15, -0.1) is 11.3 Å². The molecule has 0 aliphatic rings. The first-order valence-electron chi connectivity index (χ1n) is 20.5. The Bertz CT molecular complexity index is 3810. The van der Waals surface area contributed by atoms with Crippen molar-refractivity contribution >= 4 is 85.9 Å². The van der Waals surface area contributed by atoms with Crippen molar-refractivity contribution < 1.29 is 0 Å². The maximum atomic E-state index is 5.20. The monoisotopic (exact) mass is 795 g/mol. The number of para-hydroxylation sites is 1. The van der Waals surface area contributed by atoms with Gasteiger partial charge in [-0.2, -0.15) is 9.97 Å². The van der Waals surface area contributed by atoms with Gasteiger partial charge < -0.3 is 4.57 Å². The molecule has 0 aliphatic carbocycles. The van der Waals surface area contributed by atoms with Crippen molar-refractivity contribution in [2.45, 2.75) is 0 Å². The lowest BCUT2D eigenvalue weighted by Gasteiger charge is -2.11. The van der Waals surface area contributed by atoms with Crippen LogP contribution in [0.25, 0.3) is 120 Å². The number of nitrogens with zero attached hydrogens (tertiary/aromatic N) is 5. The van der Waals surface area contributed by atoms with E-state index >= 15 is 0 Å². The summed E-state index contributed by atoms with van der Waals surface area (Å²) in [5.74, 6) is 1.85. The highest BCUT2D eigenvalue weighted by Gasteiger charge is 2.22. The largest absolute Gasteiger partial charge is 0.309 e. The fourth-order valence-corrected chi connectivity index (χ4v) is 10.7.